The van der Waals surface area contributed by atoms with Crippen LogP contribution in [0.3, 0.4) is 0 Å². The molecule has 1 rings (SSSR count). The zero-order chi connectivity index (χ0) is 16.0. The fraction of sp³-hybridized carbons (Fsp3) is 0.600. The summed E-state index contributed by atoms with van der Waals surface area (Å²) in [5, 5.41) is 3.04. The molecule has 0 aliphatic carbocycles. The number of ether oxygens (including phenoxy) is 1. The van der Waals surface area contributed by atoms with Gasteiger partial charge in [0, 0.05) is 6.04 Å². The number of rotatable bonds is 8. The Balaban J connectivity index is 3.14. The van der Waals surface area contributed by atoms with Crippen molar-refractivity contribution in [3.8, 4) is 5.75 Å². The lowest BCUT2D eigenvalue weighted by Crippen LogP contribution is -2.36. The largest absolute Gasteiger partial charge is 0.497 e. The first-order chi connectivity index (χ1) is 9.81. The number of likely N-dealkylation sites (N-methyl/N-ethyl adjacent to an activating group) is 1. The average molecular weight is 314 g/mol. The standard InChI is InChI=1S/C15H26N2O3S/c1-11(2)12(3)17-21(18,19)15-7-6-14(20-5)10-13(15)8-9-16-4/h6-7,10-12,16-17H,8-9H2,1-5H3. The van der Waals surface area contributed by atoms with Crippen molar-refractivity contribution in [2.45, 2.75) is 38.1 Å². The van der Waals surface area contributed by atoms with Crippen molar-refractivity contribution in [3.05, 3.63) is 23.8 Å². The zero-order valence-corrected chi connectivity index (χ0v) is 14.3. The average Bonchev–Trinajstić information content (AvgIpc) is 2.43. The quantitative estimate of drug-likeness (QED) is 0.767. The zero-order valence-electron chi connectivity index (χ0n) is 13.4. The third-order valence-corrected chi connectivity index (χ3v) is 5.20. The highest BCUT2D eigenvalue weighted by atomic mass is 32.2. The monoisotopic (exact) mass is 314 g/mol. The van der Waals surface area contributed by atoms with Gasteiger partial charge in [-0.3, -0.25) is 0 Å². The van der Waals surface area contributed by atoms with Crippen LogP contribution >= 0.6 is 0 Å². The lowest BCUT2D eigenvalue weighted by atomic mass is 10.1. The minimum atomic E-state index is -3.52. The van der Waals surface area contributed by atoms with E-state index in [9.17, 15) is 8.42 Å². The molecule has 0 spiro atoms. The van der Waals surface area contributed by atoms with Gasteiger partial charge in [0.05, 0.1) is 12.0 Å². The van der Waals surface area contributed by atoms with E-state index in [1.54, 1.807) is 25.3 Å². The van der Waals surface area contributed by atoms with Crippen LogP contribution in [0, 0.1) is 5.92 Å². The summed E-state index contributed by atoms with van der Waals surface area (Å²) in [6, 6.07) is 4.96. The van der Waals surface area contributed by atoms with Gasteiger partial charge >= 0.3 is 0 Å². The van der Waals surface area contributed by atoms with Crippen molar-refractivity contribution in [1.82, 2.24) is 10.0 Å². The van der Waals surface area contributed by atoms with Crippen LogP contribution in [-0.2, 0) is 16.4 Å². The van der Waals surface area contributed by atoms with Crippen LogP contribution < -0.4 is 14.8 Å². The van der Waals surface area contributed by atoms with Crippen LogP contribution in [0.15, 0.2) is 23.1 Å². The van der Waals surface area contributed by atoms with Crippen LogP contribution in [0.25, 0.3) is 0 Å². The van der Waals surface area contributed by atoms with Gasteiger partial charge in [0.2, 0.25) is 10.0 Å². The lowest BCUT2D eigenvalue weighted by molar-refractivity contribution is 0.413. The molecule has 0 radical (unpaired) electrons. The highest BCUT2D eigenvalue weighted by Crippen LogP contribution is 2.23. The van der Waals surface area contributed by atoms with Crippen molar-refractivity contribution in [1.29, 1.82) is 0 Å². The molecule has 21 heavy (non-hydrogen) atoms. The first-order valence-electron chi connectivity index (χ1n) is 7.15. The summed E-state index contributed by atoms with van der Waals surface area (Å²) in [6.45, 7) is 6.56. The third-order valence-electron chi connectivity index (χ3n) is 3.54. The molecule has 0 aliphatic heterocycles. The fourth-order valence-electron chi connectivity index (χ4n) is 1.84. The van der Waals surface area contributed by atoms with E-state index in [2.05, 4.69) is 10.0 Å². The summed E-state index contributed by atoms with van der Waals surface area (Å²) in [7, 11) is -0.109. The molecule has 0 fully saturated rings. The molecule has 120 valence electrons. The number of hydrogen-bond donors (Lipinski definition) is 2. The van der Waals surface area contributed by atoms with E-state index >= 15 is 0 Å². The Hall–Kier alpha value is -1.11. The van der Waals surface area contributed by atoms with E-state index in [0.717, 1.165) is 5.56 Å². The van der Waals surface area contributed by atoms with Crippen LogP contribution in [-0.4, -0.2) is 35.2 Å². The fourth-order valence-corrected chi connectivity index (χ4v) is 3.49. The molecule has 0 amide bonds. The molecule has 0 saturated heterocycles. The molecule has 0 aromatic heterocycles. The van der Waals surface area contributed by atoms with Gasteiger partial charge in [0.1, 0.15) is 5.75 Å². The van der Waals surface area contributed by atoms with Crippen LogP contribution in [0.2, 0.25) is 0 Å². The highest BCUT2D eigenvalue weighted by molar-refractivity contribution is 7.89. The van der Waals surface area contributed by atoms with E-state index in [4.69, 9.17) is 4.74 Å². The van der Waals surface area contributed by atoms with Gasteiger partial charge in [-0.1, -0.05) is 13.8 Å². The molecule has 1 aromatic rings. The number of methoxy groups -OCH3 is 1. The summed E-state index contributed by atoms with van der Waals surface area (Å²) in [5.74, 6) is 0.899. The van der Waals surface area contributed by atoms with Gasteiger partial charge in [0.15, 0.2) is 0 Å². The molecule has 1 atom stereocenters. The van der Waals surface area contributed by atoms with Gasteiger partial charge in [-0.15, -0.1) is 0 Å². The molecule has 2 N–H and O–H groups in total. The molecule has 0 heterocycles. The van der Waals surface area contributed by atoms with E-state index in [1.165, 1.54) is 0 Å². The molecular formula is C15H26N2O3S. The van der Waals surface area contributed by atoms with Crippen LogP contribution in [0.5, 0.6) is 5.75 Å². The molecule has 0 bridgehead atoms. The van der Waals surface area contributed by atoms with Crippen molar-refractivity contribution in [2.24, 2.45) is 5.92 Å². The van der Waals surface area contributed by atoms with Gasteiger partial charge in [-0.25, -0.2) is 13.1 Å². The molecule has 5 nitrogen and oxygen atoms in total. The second kappa shape index (κ2) is 7.77. The van der Waals surface area contributed by atoms with Crippen molar-refractivity contribution < 1.29 is 13.2 Å². The van der Waals surface area contributed by atoms with Crippen LogP contribution in [0.1, 0.15) is 26.3 Å². The SMILES string of the molecule is CNCCc1cc(OC)ccc1S(=O)(=O)NC(C)C(C)C. The number of hydrogen-bond acceptors (Lipinski definition) is 4. The second-order valence-corrected chi connectivity index (χ2v) is 7.16. The smallest absolute Gasteiger partial charge is 0.241 e. The number of sulfonamides is 1. The molecule has 0 saturated carbocycles. The minimum absolute atomic E-state index is 0.116. The van der Waals surface area contributed by atoms with Crippen LogP contribution in [0.4, 0.5) is 0 Å². The summed E-state index contributed by atoms with van der Waals surface area (Å²) in [6.07, 6.45) is 0.625. The topological polar surface area (TPSA) is 67.4 Å². The highest BCUT2D eigenvalue weighted by Gasteiger charge is 2.22. The summed E-state index contributed by atoms with van der Waals surface area (Å²) in [4.78, 5) is 0.325. The first-order valence-corrected chi connectivity index (χ1v) is 8.64. The Bertz CT molecular complexity index is 556. The van der Waals surface area contributed by atoms with Crippen molar-refractivity contribution in [2.75, 3.05) is 20.7 Å². The summed E-state index contributed by atoms with van der Waals surface area (Å²) in [5.41, 5.74) is 0.757. The Kier molecular flexibility index (Phi) is 6.64. The van der Waals surface area contributed by atoms with Crippen molar-refractivity contribution >= 4 is 10.0 Å². The Morgan fingerprint density at radius 3 is 2.43 bits per heavy atom. The second-order valence-electron chi connectivity index (χ2n) is 5.48. The van der Waals surface area contributed by atoms with E-state index in [0.29, 0.717) is 23.6 Å². The molecule has 1 aromatic carbocycles. The molecule has 6 heteroatoms. The maximum atomic E-state index is 12.6. The van der Waals surface area contributed by atoms with E-state index in [1.807, 2.05) is 27.8 Å². The van der Waals surface area contributed by atoms with Crippen molar-refractivity contribution in [3.63, 3.8) is 0 Å². The summed E-state index contributed by atoms with van der Waals surface area (Å²) < 4.78 is 33.0. The first kappa shape index (κ1) is 17.9. The molecule has 1 unspecified atom stereocenters. The van der Waals surface area contributed by atoms with Gasteiger partial charge < -0.3 is 10.1 Å². The maximum Gasteiger partial charge on any atom is 0.241 e. The van der Waals surface area contributed by atoms with Gasteiger partial charge in [-0.2, -0.15) is 0 Å². The van der Waals surface area contributed by atoms with E-state index < -0.39 is 10.0 Å². The minimum Gasteiger partial charge on any atom is -0.497 e. The number of benzene rings is 1. The Morgan fingerprint density at radius 2 is 1.90 bits per heavy atom. The molecular weight excluding hydrogens is 288 g/mol. The predicted molar refractivity (Wildman–Crippen MR) is 85.2 cm³/mol. The predicted octanol–water partition coefficient (Wildman–Crippen LogP) is 1.78. The third kappa shape index (κ3) is 4.98. The number of nitrogens with one attached hydrogen (secondary N) is 2. The molecule has 0 aliphatic rings. The summed E-state index contributed by atoms with van der Waals surface area (Å²) >= 11 is 0. The normalized spacial score (nSPS) is 13.4. The Morgan fingerprint density at radius 1 is 1.24 bits per heavy atom. The Labute approximate surface area is 128 Å². The van der Waals surface area contributed by atoms with Gasteiger partial charge in [-0.05, 0) is 56.6 Å². The van der Waals surface area contributed by atoms with E-state index in [-0.39, 0.29) is 12.0 Å². The lowest BCUT2D eigenvalue weighted by Gasteiger charge is -2.19. The van der Waals surface area contributed by atoms with Gasteiger partial charge in [0.25, 0.3) is 0 Å². The maximum absolute atomic E-state index is 12.6.